The number of pyridine rings is 1. The number of hydrogen-bond donors (Lipinski definition) is 1. The summed E-state index contributed by atoms with van der Waals surface area (Å²) in [4.78, 5) is 17.2. The van der Waals surface area contributed by atoms with Gasteiger partial charge in [0.15, 0.2) is 5.13 Å². The minimum absolute atomic E-state index is 0.465. The minimum Gasteiger partial charge on any atom is -0.390 e. The molecule has 3 aromatic rings. The molecule has 2 aromatic heterocycles. The van der Waals surface area contributed by atoms with Crippen LogP contribution in [0.3, 0.4) is 0 Å². The number of piperidine rings is 1. The fourth-order valence-corrected chi connectivity index (χ4v) is 6.09. The summed E-state index contributed by atoms with van der Waals surface area (Å²) < 4.78 is 0. The molecule has 0 atom stereocenters. The fourth-order valence-electron chi connectivity index (χ4n) is 5.22. The maximum atomic E-state index is 10.2. The molecule has 0 bridgehead atoms. The summed E-state index contributed by atoms with van der Waals surface area (Å²) in [6.45, 7) is 13.4. The van der Waals surface area contributed by atoms with E-state index in [0.717, 1.165) is 75.7 Å². The van der Waals surface area contributed by atoms with E-state index in [0.29, 0.717) is 5.92 Å². The van der Waals surface area contributed by atoms with Gasteiger partial charge in [-0.3, -0.25) is 9.88 Å². The van der Waals surface area contributed by atoms with E-state index in [2.05, 4.69) is 52.1 Å². The Bertz CT molecular complexity index is 1120. The smallest absolute Gasteiger partial charge is 0.185 e. The van der Waals surface area contributed by atoms with Gasteiger partial charge in [0, 0.05) is 62.8 Å². The van der Waals surface area contributed by atoms with Gasteiger partial charge in [0.2, 0.25) is 0 Å². The summed E-state index contributed by atoms with van der Waals surface area (Å²) in [7, 11) is 0. The topological polar surface area (TPSA) is 55.7 Å². The van der Waals surface area contributed by atoms with Gasteiger partial charge >= 0.3 is 0 Å². The van der Waals surface area contributed by atoms with Crippen molar-refractivity contribution in [1.29, 1.82) is 0 Å². The van der Waals surface area contributed by atoms with Crippen molar-refractivity contribution in [3.8, 4) is 0 Å². The summed E-state index contributed by atoms with van der Waals surface area (Å²) >= 11 is 1.74. The monoisotopic (exact) mass is 479 g/mol. The SMILES string of the molecule is CC(C)c1ccc2cccnc2c1N1CCCN(Cc2csc(N3CCC(C)(O)CC3)n2)CC1. The van der Waals surface area contributed by atoms with Crippen LogP contribution in [-0.2, 0) is 6.54 Å². The lowest BCUT2D eigenvalue weighted by Gasteiger charge is -2.35. The molecule has 0 radical (unpaired) electrons. The average molecular weight is 480 g/mol. The molecular weight excluding hydrogens is 442 g/mol. The molecule has 4 heterocycles. The molecule has 0 amide bonds. The lowest BCUT2D eigenvalue weighted by Crippen LogP contribution is -2.42. The number of rotatable bonds is 5. The highest BCUT2D eigenvalue weighted by Gasteiger charge is 2.29. The molecule has 0 aliphatic carbocycles. The molecule has 7 heteroatoms. The zero-order valence-corrected chi connectivity index (χ0v) is 21.5. The van der Waals surface area contributed by atoms with Gasteiger partial charge in [-0.15, -0.1) is 11.3 Å². The molecule has 0 unspecified atom stereocenters. The zero-order chi connectivity index (χ0) is 23.7. The number of hydrogen-bond acceptors (Lipinski definition) is 7. The van der Waals surface area contributed by atoms with Gasteiger partial charge in [0.1, 0.15) is 0 Å². The number of thiazole rings is 1. The second-order valence-corrected chi connectivity index (χ2v) is 11.3. The fraction of sp³-hybridized carbons (Fsp3) is 0.556. The zero-order valence-electron chi connectivity index (χ0n) is 20.7. The van der Waals surface area contributed by atoms with Crippen molar-refractivity contribution in [2.24, 2.45) is 0 Å². The molecule has 1 N–H and O–H groups in total. The van der Waals surface area contributed by atoms with Crippen molar-refractivity contribution in [3.05, 3.63) is 47.1 Å². The maximum absolute atomic E-state index is 10.2. The molecule has 6 nitrogen and oxygen atoms in total. The van der Waals surface area contributed by atoms with Gasteiger partial charge in [0.05, 0.1) is 22.5 Å². The van der Waals surface area contributed by atoms with Gasteiger partial charge in [-0.05, 0) is 43.7 Å². The Labute approximate surface area is 207 Å². The number of aliphatic hydroxyl groups is 1. The third-order valence-electron chi connectivity index (χ3n) is 7.34. The minimum atomic E-state index is -0.524. The van der Waals surface area contributed by atoms with E-state index in [1.54, 1.807) is 11.3 Å². The van der Waals surface area contributed by atoms with E-state index in [1.165, 1.54) is 22.3 Å². The van der Waals surface area contributed by atoms with Gasteiger partial charge in [-0.25, -0.2) is 4.98 Å². The van der Waals surface area contributed by atoms with Crippen LogP contribution in [0, 0.1) is 0 Å². The molecule has 2 aliphatic rings. The number of anilines is 2. The molecule has 2 fully saturated rings. The molecule has 2 saturated heterocycles. The summed E-state index contributed by atoms with van der Waals surface area (Å²) in [5, 5.41) is 14.8. The number of nitrogens with zero attached hydrogens (tertiary/aromatic N) is 5. The Kier molecular flexibility index (Phi) is 6.78. The Morgan fingerprint density at radius 2 is 1.85 bits per heavy atom. The van der Waals surface area contributed by atoms with Crippen LogP contribution in [0.4, 0.5) is 10.8 Å². The van der Waals surface area contributed by atoms with Gasteiger partial charge in [0.25, 0.3) is 0 Å². The van der Waals surface area contributed by atoms with Gasteiger partial charge in [-0.2, -0.15) is 0 Å². The Balaban J connectivity index is 1.27. The first kappa shape index (κ1) is 23.5. The van der Waals surface area contributed by atoms with Crippen LogP contribution in [0.5, 0.6) is 0 Å². The highest BCUT2D eigenvalue weighted by atomic mass is 32.1. The summed E-state index contributed by atoms with van der Waals surface area (Å²) in [6.07, 6.45) is 4.68. The second-order valence-electron chi connectivity index (χ2n) is 10.5. The number of fused-ring (bicyclic) bond motifs is 1. The van der Waals surface area contributed by atoms with E-state index >= 15 is 0 Å². The Morgan fingerprint density at radius 3 is 2.65 bits per heavy atom. The van der Waals surface area contributed by atoms with Crippen LogP contribution in [0.25, 0.3) is 10.9 Å². The molecule has 0 saturated carbocycles. The van der Waals surface area contributed by atoms with Crippen LogP contribution >= 0.6 is 11.3 Å². The van der Waals surface area contributed by atoms with Crippen LogP contribution in [0.15, 0.2) is 35.8 Å². The third kappa shape index (κ3) is 5.07. The number of benzene rings is 1. The summed E-state index contributed by atoms with van der Waals surface area (Å²) in [5.41, 5.74) is 4.49. The second kappa shape index (κ2) is 9.80. The van der Waals surface area contributed by atoms with E-state index in [4.69, 9.17) is 9.97 Å². The lowest BCUT2D eigenvalue weighted by atomic mass is 9.94. The molecule has 1 aromatic carbocycles. The highest BCUT2D eigenvalue weighted by molar-refractivity contribution is 7.13. The largest absolute Gasteiger partial charge is 0.390 e. The summed E-state index contributed by atoms with van der Waals surface area (Å²) in [5.74, 6) is 0.465. The standard InChI is InChI=1S/C27H37N5OS/c1-20(2)23-8-7-21-6-4-11-28-24(21)25(23)31-13-5-12-30(16-17-31)18-22-19-34-26(29-22)32-14-9-27(3,33)10-15-32/h4,6-8,11,19-20,33H,5,9-10,12-18H2,1-3H3. The first-order valence-electron chi connectivity index (χ1n) is 12.7. The molecule has 182 valence electrons. The van der Waals surface area contributed by atoms with Crippen LogP contribution in [0.1, 0.15) is 57.2 Å². The normalized spacial score (nSPS) is 19.7. The Hall–Kier alpha value is -2.22. The Morgan fingerprint density at radius 1 is 1.03 bits per heavy atom. The summed E-state index contributed by atoms with van der Waals surface area (Å²) in [6, 6.07) is 8.71. The van der Waals surface area contributed by atoms with E-state index in [9.17, 15) is 5.11 Å². The quantitative estimate of drug-likeness (QED) is 0.563. The molecular formula is C27H37N5OS. The van der Waals surface area contributed by atoms with Gasteiger partial charge in [-0.1, -0.05) is 32.0 Å². The molecule has 2 aliphatic heterocycles. The van der Waals surface area contributed by atoms with E-state index < -0.39 is 5.60 Å². The third-order valence-corrected chi connectivity index (χ3v) is 8.29. The maximum Gasteiger partial charge on any atom is 0.185 e. The van der Waals surface area contributed by atoms with Crippen molar-refractivity contribution in [2.45, 2.75) is 58.1 Å². The van der Waals surface area contributed by atoms with Crippen molar-refractivity contribution >= 4 is 33.1 Å². The van der Waals surface area contributed by atoms with Crippen molar-refractivity contribution in [2.75, 3.05) is 49.1 Å². The molecule has 5 rings (SSSR count). The van der Waals surface area contributed by atoms with Crippen LogP contribution in [-0.4, -0.2) is 64.8 Å². The molecule has 34 heavy (non-hydrogen) atoms. The first-order chi connectivity index (χ1) is 16.4. The van der Waals surface area contributed by atoms with E-state index in [1.807, 2.05) is 19.2 Å². The average Bonchev–Trinajstić information content (AvgIpc) is 3.16. The van der Waals surface area contributed by atoms with Crippen LogP contribution in [0.2, 0.25) is 0 Å². The van der Waals surface area contributed by atoms with E-state index in [-0.39, 0.29) is 0 Å². The van der Waals surface area contributed by atoms with Crippen molar-refractivity contribution in [1.82, 2.24) is 14.9 Å². The predicted octanol–water partition coefficient (Wildman–Crippen LogP) is 4.88. The van der Waals surface area contributed by atoms with Gasteiger partial charge < -0.3 is 14.9 Å². The number of aromatic nitrogens is 2. The first-order valence-corrected chi connectivity index (χ1v) is 13.5. The van der Waals surface area contributed by atoms with Crippen molar-refractivity contribution in [3.63, 3.8) is 0 Å². The predicted molar refractivity (Wildman–Crippen MR) is 142 cm³/mol. The molecule has 0 spiro atoms. The lowest BCUT2D eigenvalue weighted by molar-refractivity contribution is 0.0351. The highest BCUT2D eigenvalue weighted by Crippen LogP contribution is 2.35. The van der Waals surface area contributed by atoms with Crippen LogP contribution < -0.4 is 9.80 Å². The van der Waals surface area contributed by atoms with Crippen molar-refractivity contribution < 1.29 is 5.11 Å².